The minimum atomic E-state index is -2.38. The van der Waals surface area contributed by atoms with Gasteiger partial charge in [0.05, 0.1) is 12.6 Å². The number of nitrogens with zero attached hydrogens (tertiary/aromatic N) is 4. The van der Waals surface area contributed by atoms with Gasteiger partial charge in [-0.3, -0.25) is 9.11 Å². The second kappa shape index (κ2) is 9.95. The van der Waals surface area contributed by atoms with Crippen molar-refractivity contribution in [3.05, 3.63) is 93.0 Å². The smallest absolute Gasteiger partial charge is 0.143 e. The Morgan fingerprint density at radius 1 is 1.00 bits per heavy atom. The van der Waals surface area contributed by atoms with Crippen LogP contribution in [0.15, 0.2) is 54.6 Å². The molecular weight excluding hydrogens is 467 g/mol. The first kappa shape index (κ1) is 23.3. The summed E-state index contributed by atoms with van der Waals surface area (Å²) in [4.78, 5) is 11.0. The SMILES string of the molecule is Cc1cc(C)nc(CN(C2CN(C(c3ccc(Cl)cc3)c3ccc(Cl)cc3)C2)S(=O)[O-])n1. The number of hydrogen-bond acceptors (Lipinski definition) is 5. The molecule has 1 fully saturated rings. The highest BCUT2D eigenvalue weighted by Crippen LogP contribution is 2.35. The van der Waals surface area contributed by atoms with E-state index in [0.717, 1.165) is 22.5 Å². The zero-order chi connectivity index (χ0) is 22.8. The Hall–Kier alpha value is -1.87. The van der Waals surface area contributed by atoms with E-state index in [1.807, 2.05) is 68.4 Å². The van der Waals surface area contributed by atoms with Crippen LogP contribution in [-0.4, -0.2) is 47.1 Å². The Balaban J connectivity index is 1.54. The molecule has 1 unspecified atom stereocenters. The summed E-state index contributed by atoms with van der Waals surface area (Å²) >= 11 is 9.81. The highest BCUT2D eigenvalue weighted by molar-refractivity contribution is 7.76. The lowest BCUT2D eigenvalue weighted by Crippen LogP contribution is -2.60. The second-order valence-electron chi connectivity index (χ2n) is 7.97. The number of halogens is 2. The second-order valence-corrected chi connectivity index (χ2v) is 9.75. The zero-order valence-corrected chi connectivity index (χ0v) is 20.1. The molecule has 9 heteroatoms. The van der Waals surface area contributed by atoms with Crippen molar-refractivity contribution in [3.63, 3.8) is 0 Å². The van der Waals surface area contributed by atoms with Crippen LogP contribution >= 0.6 is 23.2 Å². The van der Waals surface area contributed by atoms with Crippen molar-refractivity contribution < 1.29 is 8.76 Å². The van der Waals surface area contributed by atoms with Gasteiger partial charge in [-0.05, 0) is 55.3 Å². The van der Waals surface area contributed by atoms with Gasteiger partial charge in [0.15, 0.2) is 0 Å². The Morgan fingerprint density at radius 3 is 1.91 bits per heavy atom. The third kappa shape index (κ3) is 5.36. The van der Waals surface area contributed by atoms with Gasteiger partial charge >= 0.3 is 0 Å². The molecule has 168 valence electrons. The average Bonchev–Trinajstić information content (AvgIpc) is 2.70. The molecule has 0 N–H and O–H groups in total. The Kier molecular flexibility index (Phi) is 7.24. The van der Waals surface area contributed by atoms with Crippen LogP contribution in [0.4, 0.5) is 0 Å². The first-order valence-electron chi connectivity index (χ1n) is 10.2. The third-order valence-electron chi connectivity index (χ3n) is 5.55. The highest BCUT2D eigenvalue weighted by Gasteiger charge is 2.38. The Bertz CT molecular complexity index is 1040. The van der Waals surface area contributed by atoms with Gasteiger partial charge in [0, 0.05) is 51.8 Å². The molecule has 2 aromatic carbocycles. The molecule has 1 saturated heterocycles. The van der Waals surface area contributed by atoms with E-state index in [1.54, 1.807) is 0 Å². The summed E-state index contributed by atoms with van der Waals surface area (Å²) in [7, 11) is 0. The summed E-state index contributed by atoms with van der Waals surface area (Å²) in [5, 5.41) is 1.35. The molecule has 0 bridgehead atoms. The van der Waals surface area contributed by atoms with Crippen molar-refractivity contribution in [1.29, 1.82) is 0 Å². The third-order valence-corrected chi connectivity index (χ3v) is 6.87. The fourth-order valence-corrected chi connectivity index (χ4v) is 4.95. The van der Waals surface area contributed by atoms with Crippen LogP contribution in [0, 0.1) is 13.8 Å². The molecule has 0 saturated carbocycles. The number of aromatic nitrogens is 2. The molecule has 0 radical (unpaired) electrons. The van der Waals surface area contributed by atoms with Crippen LogP contribution in [-0.2, 0) is 17.8 Å². The van der Waals surface area contributed by atoms with E-state index in [1.165, 1.54) is 4.31 Å². The molecule has 3 aromatic rings. The van der Waals surface area contributed by atoms with E-state index in [-0.39, 0.29) is 18.6 Å². The van der Waals surface area contributed by atoms with Crippen molar-refractivity contribution >= 4 is 34.5 Å². The topological polar surface area (TPSA) is 72.4 Å². The number of rotatable bonds is 7. The molecule has 1 aromatic heterocycles. The minimum Gasteiger partial charge on any atom is -0.760 e. The summed E-state index contributed by atoms with van der Waals surface area (Å²) in [6.07, 6.45) is 0. The predicted molar refractivity (Wildman–Crippen MR) is 126 cm³/mol. The molecule has 0 amide bonds. The van der Waals surface area contributed by atoms with Crippen molar-refractivity contribution in [2.45, 2.75) is 32.5 Å². The molecule has 32 heavy (non-hydrogen) atoms. The number of hydrogen-bond donors (Lipinski definition) is 0. The quantitative estimate of drug-likeness (QED) is 0.457. The summed E-state index contributed by atoms with van der Waals surface area (Å²) in [6, 6.07) is 17.2. The van der Waals surface area contributed by atoms with E-state index in [4.69, 9.17) is 23.2 Å². The lowest BCUT2D eigenvalue weighted by molar-refractivity contribution is 0.0485. The summed E-state index contributed by atoms with van der Waals surface area (Å²) in [6.45, 7) is 5.10. The van der Waals surface area contributed by atoms with Crippen LogP contribution < -0.4 is 0 Å². The molecule has 2 heterocycles. The first-order chi connectivity index (χ1) is 15.3. The van der Waals surface area contributed by atoms with Gasteiger partial charge in [0.1, 0.15) is 5.82 Å². The maximum Gasteiger partial charge on any atom is 0.143 e. The first-order valence-corrected chi connectivity index (χ1v) is 12.0. The van der Waals surface area contributed by atoms with E-state index in [0.29, 0.717) is 29.0 Å². The Morgan fingerprint density at radius 2 is 1.47 bits per heavy atom. The summed E-state index contributed by atoms with van der Waals surface area (Å²) < 4.78 is 25.5. The fraction of sp³-hybridized carbons (Fsp3) is 0.304. The van der Waals surface area contributed by atoms with Gasteiger partial charge in [0.2, 0.25) is 0 Å². The molecule has 1 aliphatic heterocycles. The van der Waals surface area contributed by atoms with E-state index in [9.17, 15) is 8.76 Å². The molecule has 1 atom stereocenters. The van der Waals surface area contributed by atoms with Crippen LogP contribution in [0.1, 0.15) is 34.4 Å². The molecule has 1 aliphatic rings. The normalized spacial score (nSPS) is 15.8. The van der Waals surface area contributed by atoms with Crippen LogP contribution in [0.3, 0.4) is 0 Å². The van der Waals surface area contributed by atoms with Gasteiger partial charge in [-0.15, -0.1) is 0 Å². The van der Waals surface area contributed by atoms with Crippen molar-refractivity contribution in [2.24, 2.45) is 0 Å². The maximum absolute atomic E-state index is 12.0. The number of aryl methyl sites for hydroxylation is 2. The van der Waals surface area contributed by atoms with Gasteiger partial charge in [-0.1, -0.05) is 47.5 Å². The van der Waals surface area contributed by atoms with E-state index in [2.05, 4.69) is 14.9 Å². The van der Waals surface area contributed by atoms with Crippen molar-refractivity contribution in [1.82, 2.24) is 19.2 Å². The lowest BCUT2D eigenvalue weighted by atomic mass is 9.93. The van der Waals surface area contributed by atoms with Gasteiger partial charge in [-0.2, -0.15) is 0 Å². The van der Waals surface area contributed by atoms with Crippen molar-refractivity contribution in [3.8, 4) is 0 Å². The average molecular weight is 490 g/mol. The fourth-order valence-electron chi connectivity index (χ4n) is 4.10. The molecule has 0 aliphatic carbocycles. The largest absolute Gasteiger partial charge is 0.760 e. The summed E-state index contributed by atoms with van der Waals surface area (Å²) in [5.41, 5.74) is 3.82. The van der Waals surface area contributed by atoms with Gasteiger partial charge < -0.3 is 4.55 Å². The van der Waals surface area contributed by atoms with Crippen molar-refractivity contribution in [2.75, 3.05) is 13.1 Å². The molecular formula is C23H23Cl2N4O2S-. The standard InChI is InChI=1S/C23H24Cl2N4O2S/c1-15-11-16(2)27-22(26-15)14-29(32(30)31)21-12-28(13-21)23(17-3-7-19(24)8-4-17)18-5-9-20(25)10-6-18/h3-11,21,23H,12-14H2,1-2H3,(H,30,31)/p-1. The highest BCUT2D eigenvalue weighted by atomic mass is 35.5. The van der Waals surface area contributed by atoms with E-state index < -0.39 is 11.3 Å². The maximum atomic E-state index is 12.0. The van der Waals surface area contributed by atoms with Crippen LogP contribution in [0.25, 0.3) is 0 Å². The van der Waals surface area contributed by atoms with Crippen LogP contribution in [0.2, 0.25) is 10.0 Å². The van der Waals surface area contributed by atoms with Crippen LogP contribution in [0.5, 0.6) is 0 Å². The lowest BCUT2D eigenvalue weighted by Gasteiger charge is -2.49. The monoisotopic (exact) mass is 489 g/mol. The Labute approximate surface area is 200 Å². The zero-order valence-electron chi connectivity index (χ0n) is 17.7. The summed E-state index contributed by atoms with van der Waals surface area (Å²) in [5.74, 6) is 0.511. The van der Waals surface area contributed by atoms with Gasteiger partial charge in [0.25, 0.3) is 0 Å². The number of likely N-dealkylation sites (tertiary alicyclic amines) is 1. The van der Waals surface area contributed by atoms with Gasteiger partial charge in [-0.25, -0.2) is 14.3 Å². The molecule has 4 rings (SSSR count). The minimum absolute atomic E-state index is 0.0276. The predicted octanol–water partition coefficient (Wildman–Crippen LogP) is 4.47. The number of benzene rings is 2. The molecule has 6 nitrogen and oxygen atoms in total. The van der Waals surface area contributed by atoms with E-state index >= 15 is 0 Å². The molecule has 0 spiro atoms.